The monoisotopic (exact) mass is 559 g/mol. The summed E-state index contributed by atoms with van der Waals surface area (Å²) < 4.78 is 6.09. The molecule has 1 saturated heterocycles. The summed E-state index contributed by atoms with van der Waals surface area (Å²) in [5, 5.41) is 0. The Hall–Kier alpha value is -2.47. The summed E-state index contributed by atoms with van der Waals surface area (Å²) in [7, 11) is 0. The van der Waals surface area contributed by atoms with Gasteiger partial charge in [-0.15, -0.1) is 0 Å². The minimum absolute atomic E-state index is 0.0133. The van der Waals surface area contributed by atoms with Gasteiger partial charge >= 0.3 is 5.97 Å². The molecule has 222 valence electrons. The maximum Gasteiger partial charge on any atom is 0.320 e. The van der Waals surface area contributed by atoms with Crippen molar-refractivity contribution in [2.75, 3.05) is 32.7 Å². The van der Waals surface area contributed by atoms with E-state index in [1.807, 2.05) is 17.0 Å². The van der Waals surface area contributed by atoms with Crippen LogP contribution >= 0.6 is 0 Å². The van der Waals surface area contributed by atoms with E-state index in [9.17, 15) is 9.59 Å². The van der Waals surface area contributed by atoms with Crippen LogP contribution in [0.3, 0.4) is 0 Å². The number of nitrogens with zero attached hydrogens (tertiary/aromatic N) is 3. The number of amides is 1. The molecule has 1 aromatic heterocycles. The van der Waals surface area contributed by atoms with Crippen LogP contribution in [-0.2, 0) is 9.53 Å². The van der Waals surface area contributed by atoms with Gasteiger partial charge in [0.2, 0.25) is 0 Å². The molecule has 4 aliphatic carbocycles. The molecule has 8 atom stereocenters. The molecule has 0 spiro atoms. The van der Waals surface area contributed by atoms with Crippen LogP contribution < -0.4 is 0 Å². The molecule has 1 amide bonds. The number of ether oxygens (including phenoxy) is 1. The maximum atomic E-state index is 13.0. The van der Waals surface area contributed by atoms with E-state index in [-0.39, 0.29) is 18.0 Å². The predicted octanol–water partition coefficient (Wildman–Crippen LogP) is 6.15. The van der Waals surface area contributed by atoms with Gasteiger partial charge in [0, 0.05) is 32.4 Å². The van der Waals surface area contributed by atoms with Gasteiger partial charge in [-0.25, -0.2) is 0 Å². The van der Waals surface area contributed by atoms with Gasteiger partial charge in [-0.1, -0.05) is 44.2 Å². The van der Waals surface area contributed by atoms with Crippen molar-refractivity contribution in [3.05, 3.63) is 54.4 Å². The van der Waals surface area contributed by atoms with E-state index in [0.717, 1.165) is 37.0 Å². The first kappa shape index (κ1) is 28.6. The second kappa shape index (κ2) is 11.7. The third kappa shape index (κ3) is 5.42. The number of carbonyl (C=O) groups excluding carboxylic acids is 2. The number of hydrogen-bond acceptors (Lipinski definition) is 5. The molecular formula is C35H49N3O3. The highest BCUT2D eigenvalue weighted by molar-refractivity contribution is 5.92. The van der Waals surface area contributed by atoms with E-state index in [4.69, 9.17) is 4.74 Å². The molecule has 0 radical (unpaired) electrons. The molecule has 0 N–H and O–H groups in total. The van der Waals surface area contributed by atoms with Crippen LogP contribution in [0.15, 0.2) is 48.7 Å². The third-order valence-electron chi connectivity index (χ3n) is 12.2. The van der Waals surface area contributed by atoms with E-state index in [1.165, 1.54) is 32.1 Å². The van der Waals surface area contributed by atoms with Crippen LogP contribution in [0.2, 0.25) is 0 Å². The second-order valence-corrected chi connectivity index (χ2v) is 14.1. The fraction of sp³-hybridized carbons (Fsp3) is 0.686. The lowest BCUT2D eigenvalue weighted by molar-refractivity contribution is -0.157. The maximum absolute atomic E-state index is 13.0. The summed E-state index contributed by atoms with van der Waals surface area (Å²) in [6.07, 6.45) is 21.3. The van der Waals surface area contributed by atoms with Crippen molar-refractivity contribution < 1.29 is 14.3 Å². The molecule has 2 heterocycles. The van der Waals surface area contributed by atoms with Gasteiger partial charge in [0.05, 0.1) is 6.54 Å². The summed E-state index contributed by atoms with van der Waals surface area (Å²) in [5.74, 6) is 3.48. The smallest absolute Gasteiger partial charge is 0.320 e. The Morgan fingerprint density at radius 1 is 1.00 bits per heavy atom. The summed E-state index contributed by atoms with van der Waals surface area (Å²) in [5.41, 5.74) is 1.28. The fourth-order valence-electron chi connectivity index (χ4n) is 9.65. The highest BCUT2D eigenvalue weighted by Gasteiger charge is 2.58. The summed E-state index contributed by atoms with van der Waals surface area (Å²) in [6.45, 7) is 10.2. The molecule has 3 saturated carbocycles. The molecule has 6 rings (SSSR count). The first-order valence-corrected chi connectivity index (χ1v) is 16.2. The first-order chi connectivity index (χ1) is 19.8. The molecule has 8 unspecified atom stereocenters. The van der Waals surface area contributed by atoms with Crippen LogP contribution in [0.1, 0.15) is 82.6 Å². The van der Waals surface area contributed by atoms with Crippen molar-refractivity contribution in [3.8, 4) is 0 Å². The molecule has 6 heteroatoms. The van der Waals surface area contributed by atoms with Gasteiger partial charge in [-0.2, -0.15) is 0 Å². The van der Waals surface area contributed by atoms with Crippen molar-refractivity contribution >= 4 is 11.9 Å². The number of rotatable bonds is 6. The van der Waals surface area contributed by atoms with Crippen molar-refractivity contribution in [1.29, 1.82) is 0 Å². The Labute approximate surface area is 246 Å². The Kier molecular flexibility index (Phi) is 8.15. The van der Waals surface area contributed by atoms with E-state index < -0.39 is 0 Å². The zero-order valence-corrected chi connectivity index (χ0v) is 25.3. The zero-order chi connectivity index (χ0) is 28.6. The highest BCUT2D eigenvalue weighted by atomic mass is 16.5. The van der Waals surface area contributed by atoms with Crippen molar-refractivity contribution in [1.82, 2.24) is 14.8 Å². The van der Waals surface area contributed by atoms with Crippen LogP contribution in [0.25, 0.3) is 0 Å². The largest absolute Gasteiger partial charge is 0.461 e. The summed E-state index contributed by atoms with van der Waals surface area (Å²) >= 11 is 0. The normalized spacial score (nSPS) is 38.8. The van der Waals surface area contributed by atoms with Gasteiger partial charge in [-0.05, 0) is 111 Å². The van der Waals surface area contributed by atoms with E-state index >= 15 is 0 Å². The lowest BCUT2D eigenvalue weighted by atomic mass is 9.46. The molecule has 41 heavy (non-hydrogen) atoms. The fourth-order valence-corrected chi connectivity index (χ4v) is 9.65. The summed E-state index contributed by atoms with van der Waals surface area (Å²) in [4.78, 5) is 33.8. The SMILES string of the molecule is C/C=C/CC1CCC2C3C=CC4CC(OC(=O)CN5CCN(C(=O)c6ccccn6)CC5)CCC4(C)C3CCC12C. The van der Waals surface area contributed by atoms with Crippen molar-refractivity contribution in [3.63, 3.8) is 0 Å². The van der Waals surface area contributed by atoms with E-state index in [1.54, 1.807) is 12.3 Å². The second-order valence-electron chi connectivity index (χ2n) is 14.1. The topological polar surface area (TPSA) is 62.7 Å². The Morgan fingerprint density at radius 3 is 2.54 bits per heavy atom. The molecule has 1 aliphatic heterocycles. The number of esters is 1. The van der Waals surface area contributed by atoms with Gasteiger partial charge < -0.3 is 9.64 Å². The molecule has 6 nitrogen and oxygen atoms in total. The molecule has 1 aromatic rings. The average Bonchev–Trinajstić information content (AvgIpc) is 3.32. The number of allylic oxidation sites excluding steroid dienone is 4. The number of pyridine rings is 1. The number of carbonyl (C=O) groups is 2. The molecule has 4 fully saturated rings. The number of aromatic nitrogens is 1. The quantitative estimate of drug-likeness (QED) is 0.309. The zero-order valence-electron chi connectivity index (χ0n) is 25.3. The Balaban J connectivity index is 1.01. The summed E-state index contributed by atoms with van der Waals surface area (Å²) in [6, 6.07) is 5.41. The molecule has 5 aliphatic rings. The minimum Gasteiger partial charge on any atom is -0.461 e. The highest BCUT2D eigenvalue weighted by Crippen LogP contribution is 2.66. The number of fused-ring (bicyclic) bond motifs is 5. The number of hydrogen-bond donors (Lipinski definition) is 0. The molecule has 0 bridgehead atoms. The Morgan fingerprint density at radius 2 is 1.78 bits per heavy atom. The molecular weight excluding hydrogens is 510 g/mol. The lowest BCUT2D eigenvalue weighted by Crippen LogP contribution is -2.52. The predicted molar refractivity (Wildman–Crippen MR) is 161 cm³/mol. The standard InChI is InChI=1S/C35H49N3O3/c1-4-5-8-25-11-13-29-28-12-10-26-23-27(14-16-35(26,3)30(28)15-17-34(25,29)2)41-32(39)24-37-19-21-38(22-20-37)33(40)31-9-6-7-18-36-31/h4-7,9-10,12,18,25-30H,8,11,13-17,19-24H2,1-3H3/b5-4+. The Bertz CT molecular complexity index is 1160. The first-order valence-electron chi connectivity index (χ1n) is 16.2. The van der Waals surface area contributed by atoms with Crippen molar-refractivity contribution in [2.24, 2.45) is 40.4 Å². The lowest BCUT2D eigenvalue weighted by Gasteiger charge is -2.58. The van der Waals surface area contributed by atoms with E-state index in [2.05, 4.69) is 55.0 Å². The minimum atomic E-state index is -0.118. The van der Waals surface area contributed by atoms with Crippen LogP contribution in [0, 0.1) is 40.4 Å². The van der Waals surface area contributed by atoms with Gasteiger partial charge in [0.15, 0.2) is 0 Å². The van der Waals surface area contributed by atoms with Crippen molar-refractivity contribution in [2.45, 2.75) is 78.2 Å². The van der Waals surface area contributed by atoms with Crippen LogP contribution in [0.4, 0.5) is 0 Å². The van der Waals surface area contributed by atoms with Crippen LogP contribution in [-0.4, -0.2) is 65.5 Å². The van der Waals surface area contributed by atoms with Gasteiger partial charge in [0.1, 0.15) is 11.8 Å². The molecule has 0 aromatic carbocycles. The third-order valence-corrected chi connectivity index (χ3v) is 12.2. The van der Waals surface area contributed by atoms with Gasteiger partial charge in [-0.3, -0.25) is 19.5 Å². The number of piperazine rings is 1. The van der Waals surface area contributed by atoms with Gasteiger partial charge in [0.25, 0.3) is 5.91 Å². The van der Waals surface area contributed by atoms with Crippen LogP contribution in [0.5, 0.6) is 0 Å². The average molecular weight is 560 g/mol. The van der Waals surface area contributed by atoms with E-state index in [0.29, 0.717) is 61.1 Å².